The number of halogens is 8. The summed E-state index contributed by atoms with van der Waals surface area (Å²) < 4.78 is 95.0. The van der Waals surface area contributed by atoms with Gasteiger partial charge in [-0.3, -0.25) is 0 Å². The fourth-order valence-electron chi connectivity index (χ4n) is 2.87. The van der Waals surface area contributed by atoms with Crippen LogP contribution in [0.5, 0.6) is 0 Å². The van der Waals surface area contributed by atoms with Gasteiger partial charge >= 0.3 is 24.0 Å². The van der Waals surface area contributed by atoms with Gasteiger partial charge in [0.15, 0.2) is 5.82 Å². The molecule has 3 aromatic rings. The van der Waals surface area contributed by atoms with Gasteiger partial charge in [-0.15, -0.1) is 0 Å². The Bertz CT molecular complexity index is 1130. The largest absolute Gasteiger partial charge is 0.478 e. The minimum Gasteiger partial charge on any atom is -0.478 e. The molecule has 0 saturated carbocycles. The summed E-state index contributed by atoms with van der Waals surface area (Å²) in [6.45, 7) is -0.723. The zero-order valence-electron chi connectivity index (χ0n) is 14.5. The number of carbonyl (C=O) groups is 1. The third-order valence-electron chi connectivity index (χ3n) is 4.31. The molecule has 0 radical (unpaired) electrons. The van der Waals surface area contributed by atoms with Gasteiger partial charge in [0.25, 0.3) is 0 Å². The summed E-state index contributed by atoms with van der Waals surface area (Å²) in [6, 6.07) is 8.68. The first-order valence-electron chi connectivity index (χ1n) is 8.08. The van der Waals surface area contributed by atoms with E-state index >= 15 is 0 Å². The van der Waals surface area contributed by atoms with E-state index in [1.165, 1.54) is 24.3 Å². The van der Waals surface area contributed by atoms with Crippen molar-refractivity contribution in [1.29, 1.82) is 0 Å². The van der Waals surface area contributed by atoms with Gasteiger partial charge < -0.3 is 9.67 Å². The van der Waals surface area contributed by atoms with Gasteiger partial charge in [0.1, 0.15) is 0 Å². The van der Waals surface area contributed by atoms with E-state index in [1.54, 1.807) is 0 Å². The molecule has 160 valence electrons. The average Bonchev–Trinajstić information content (AvgIpc) is 3.01. The van der Waals surface area contributed by atoms with E-state index < -0.39 is 53.0 Å². The second kappa shape index (κ2) is 7.15. The molecule has 0 unspecified atom stereocenters. The molecule has 3 rings (SSSR count). The van der Waals surface area contributed by atoms with Crippen molar-refractivity contribution in [3.05, 3.63) is 64.4 Å². The number of alkyl halides is 7. The monoisotopic (exact) mass is 454 g/mol. The molecule has 0 spiro atoms. The van der Waals surface area contributed by atoms with Gasteiger partial charge in [-0.05, 0) is 23.8 Å². The summed E-state index contributed by atoms with van der Waals surface area (Å²) in [5.41, 5.74) is -1.57. The van der Waals surface area contributed by atoms with Crippen molar-refractivity contribution in [1.82, 2.24) is 9.55 Å². The zero-order valence-corrected chi connectivity index (χ0v) is 15.3. The second-order valence-corrected chi connectivity index (χ2v) is 6.65. The van der Waals surface area contributed by atoms with Gasteiger partial charge in [0.2, 0.25) is 0 Å². The highest BCUT2D eigenvalue weighted by atomic mass is 35.5. The Morgan fingerprint density at radius 2 is 1.63 bits per heavy atom. The van der Waals surface area contributed by atoms with Crippen LogP contribution in [-0.4, -0.2) is 32.7 Å². The van der Waals surface area contributed by atoms with Crippen molar-refractivity contribution >= 4 is 28.6 Å². The Labute approximate surface area is 168 Å². The van der Waals surface area contributed by atoms with Crippen LogP contribution in [-0.2, 0) is 12.5 Å². The van der Waals surface area contributed by atoms with E-state index in [4.69, 9.17) is 11.6 Å². The molecule has 0 saturated heterocycles. The fourth-order valence-corrected chi connectivity index (χ4v) is 3.06. The van der Waals surface area contributed by atoms with Gasteiger partial charge in [0.05, 0.1) is 23.1 Å². The number of imidazole rings is 1. The van der Waals surface area contributed by atoms with Crippen LogP contribution in [0.15, 0.2) is 42.5 Å². The van der Waals surface area contributed by atoms with Crippen LogP contribution in [0.25, 0.3) is 11.0 Å². The molecule has 0 amide bonds. The van der Waals surface area contributed by atoms with Gasteiger partial charge in [-0.25, -0.2) is 9.78 Å². The molecule has 0 atom stereocenters. The summed E-state index contributed by atoms with van der Waals surface area (Å²) in [4.78, 5) is 14.8. The topological polar surface area (TPSA) is 55.1 Å². The Hall–Kier alpha value is -2.82. The Kier molecular flexibility index (Phi) is 5.21. The van der Waals surface area contributed by atoms with E-state index in [2.05, 4.69) is 4.98 Å². The Morgan fingerprint density at radius 1 is 1.00 bits per heavy atom. The third kappa shape index (κ3) is 3.36. The van der Waals surface area contributed by atoms with E-state index in [-0.39, 0.29) is 10.6 Å². The lowest BCUT2D eigenvalue weighted by Gasteiger charge is -2.28. The lowest BCUT2D eigenvalue weighted by molar-refractivity contribution is -0.361. The van der Waals surface area contributed by atoms with Gasteiger partial charge in [-0.1, -0.05) is 35.9 Å². The number of nitrogens with zero attached hydrogens (tertiary/aromatic N) is 2. The van der Waals surface area contributed by atoms with E-state index in [9.17, 15) is 40.6 Å². The molecule has 2 aromatic carbocycles. The third-order valence-corrected chi connectivity index (χ3v) is 4.68. The van der Waals surface area contributed by atoms with Crippen LogP contribution in [0.3, 0.4) is 0 Å². The van der Waals surface area contributed by atoms with Crippen molar-refractivity contribution in [2.45, 2.75) is 24.6 Å². The van der Waals surface area contributed by atoms with E-state index in [0.717, 1.165) is 18.2 Å². The molecular formula is C18H10ClF7N2O2. The first kappa shape index (κ1) is 21.9. The highest BCUT2D eigenvalue weighted by molar-refractivity contribution is 6.31. The van der Waals surface area contributed by atoms with Gasteiger partial charge in [0, 0.05) is 5.02 Å². The number of hydrogen-bond acceptors (Lipinski definition) is 2. The molecule has 0 fully saturated rings. The first-order chi connectivity index (χ1) is 13.8. The van der Waals surface area contributed by atoms with Crippen LogP contribution in [0.2, 0.25) is 5.02 Å². The number of rotatable bonds is 5. The highest BCUT2D eigenvalue weighted by Crippen LogP contribution is 2.52. The highest BCUT2D eigenvalue weighted by Gasteiger charge is 2.75. The van der Waals surface area contributed by atoms with Crippen LogP contribution in [0, 0.1) is 0 Å². The minimum absolute atomic E-state index is 0.00371. The average molecular weight is 455 g/mol. The lowest BCUT2D eigenvalue weighted by Crippen LogP contribution is -2.51. The number of fused-ring (bicyclic) bond motifs is 1. The second-order valence-electron chi connectivity index (χ2n) is 6.24. The van der Waals surface area contributed by atoms with Crippen molar-refractivity contribution < 1.29 is 40.6 Å². The molecule has 30 heavy (non-hydrogen) atoms. The van der Waals surface area contributed by atoms with Crippen molar-refractivity contribution in [3.8, 4) is 0 Å². The number of aromatic nitrogens is 2. The molecule has 1 N–H and O–H groups in total. The number of carboxylic acid groups (broad SMARTS) is 1. The summed E-state index contributed by atoms with van der Waals surface area (Å²) in [5.74, 6) is -15.8. The summed E-state index contributed by atoms with van der Waals surface area (Å²) >= 11 is 5.96. The molecule has 12 heteroatoms. The molecule has 0 aliphatic heterocycles. The molecule has 0 aliphatic rings. The van der Waals surface area contributed by atoms with Crippen LogP contribution < -0.4 is 0 Å². The molecular weight excluding hydrogens is 445 g/mol. The maximum absolute atomic E-state index is 14.5. The fraction of sp³-hybridized carbons (Fsp3) is 0.222. The summed E-state index contributed by atoms with van der Waals surface area (Å²) in [6.07, 6.45) is -6.58. The maximum Gasteiger partial charge on any atom is 0.460 e. The predicted octanol–water partition coefficient (Wildman–Crippen LogP) is 5.73. The van der Waals surface area contributed by atoms with Crippen LogP contribution >= 0.6 is 11.6 Å². The SMILES string of the molecule is O=C(O)c1cccc2nc(C(F)(F)C(F)(F)C(F)(F)F)n(Cc3ccccc3Cl)c12. The number of benzene rings is 2. The quantitative estimate of drug-likeness (QED) is 0.501. The van der Waals surface area contributed by atoms with Crippen molar-refractivity contribution in [3.63, 3.8) is 0 Å². The van der Waals surface area contributed by atoms with Crippen molar-refractivity contribution in [2.75, 3.05) is 0 Å². The standard InChI is InChI=1S/C18H10ClF7N2O2/c19-11-6-2-1-4-9(11)8-28-13-10(14(29)30)5-3-7-12(13)27-15(28)16(20,21)17(22,23)18(24,25)26/h1-7H,8H2,(H,29,30). The Balaban J connectivity index is 2.36. The van der Waals surface area contributed by atoms with Crippen LogP contribution in [0.1, 0.15) is 21.7 Å². The normalized spacial score (nSPS) is 13.1. The first-order valence-corrected chi connectivity index (χ1v) is 8.45. The number of para-hydroxylation sites is 1. The van der Waals surface area contributed by atoms with Crippen LogP contribution in [0.4, 0.5) is 30.7 Å². The number of carboxylic acids is 1. The Morgan fingerprint density at radius 3 is 2.20 bits per heavy atom. The van der Waals surface area contributed by atoms with E-state index in [0.29, 0.717) is 4.57 Å². The molecule has 0 bridgehead atoms. The molecule has 1 heterocycles. The predicted molar refractivity (Wildman–Crippen MR) is 92.1 cm³/mol. The van der Waals surface area contributed by atoms with Gasteiger partial charge in [-0.2, -0.15) is 30.7 Å². The molecule has 4 nitrogen and oxygen atoms in total. The number of hydrogen-bond donors (Lipinski definition) is 1. The molecule has 0 aliphatic carbocycles. The van der Waals surface area contributed by atoms with Crippen molar-refractivity contribution in [2.24, 2.45) is 0 Å². The maximum atomic E-state index is 14.5. The van der Waals surface area contributed by atoms with E-state index in [1.807, 2.05) is 0 Å². The summed E-state index contributed by atoms with van der Waals surface area (Å²) in [5, 5.41) is 9.35. The molecule has 1 aromatic heterocycles. The smallest absolute Gasteiger partial charge is 0.460 e. The lowest BCUT2D eigenvalue weighted by atomic mass is 10.1. The number of aromatic carboxylic acids is 1. The zero-order chi connectivity index (χ0) is 22.5. The summed E-state index contributed by atoms with van der Waals surface area (Å²) in [7, 11) is 0. The minimum atomic E-state index is -6.58.